The Morgan fingerprint density at radius 2 is 1.55 bits per heavy atom. The number of fused-ring (bicyclic) bond motifs is 5. The number of carbonyl (C=O) groups excluding carboxylic acids is 4. The van der Waals surface area contributed by atoms with E-state index >= 15 is 8.78 Å². The molecule has 9 atom stereocenters. The van der Waals surface area contributed by atoms with Crippen LogP contribution < -0.4 is 0 Å². The highest BCUT2D eigenvalue weighted by Crippen LogP contribution is 2.70. The Morgan fingerprint density at radius 3 is 2.20 bits per heavy atom. The number of nitrogens with zero attached hydrogens (tertiary/aromatic N) is 2. The standard InChI is InChI=1S/C30H42F2N2O15/c1-27-8-7-17(35)12-20(27)21(31)13-19-18-14-22(36)30(28(18,2)15-23(37)29(19,27)32,49-25(39)6-5-11-48-34(43)44)24(38)16-46-26(40)45-9-3-4-10-47-33(41)42/h7-8,12,18-19,21-23,36-37,41-44H,3-6,9-11,13-16H2,1-2H3/t18?,19?,21-,22+,23-,27-,28-,29-,30-/m0/s1. The van der Waals surface area contributed by atoms with Gasteiger partial charge < -0.3 is 24.4 Å². The monoisotopic (exact) mass is 708 g/mol. The highest BCUT2D eigenvalue weighted by atomic mass is 19.1. The van der Waals surface area contributed by atoms with Crippen LogP contribution in [0.5, 0.6) is 0 Å². The number of aliphatic hydroxyl groups excluding tert-OH is 2. The zero-order valence-electron chi connectivity index (χ0n) is 26.9. The summed E-state index contributed by atoms with van der Waals surface area (Å²) in [6, 6.07) is 0. The van der Waals surface area contributed by atoms with Crippen molar-refractivity contribution < 1.29 is 82.9 Å². The SMILES string of the molecule is C[C@]12C=CC(=O)C=C1[C@@H](F)CC1C3C[C@@H](O)[C@](OC(=O)CCCON(O)O)(C(=O)COC(=O)OCCCCON(O)O)[C@@]3(C)C[C@H](O)[C@@]12F. The van der Waals surface area contributed by atoms with Crippen LogP contribution in [0.25, 0.3) is 0 Å². The van der Waals surface area contributed by atoms with Crippen molar-refractivity contribution in [1.82, 2.24) is 10.8 Å². The first-order valence-electron chi connectivity index (χ1n) is 15.7. The molecule has 0 spiro atoms. The molecule has 0 saturated heterocycles. The molecule has 6 N–H and O–H groups in total. The normalized spacial score (nSPS) is 36.5. The topological polar surface area (TPSA) is 242 Å². The number of hydrogen-bond donors (Lipinski definition) is 6. The molecule has 49 heavy (non-hydrogen) atoms. The molecular weight excluding hydrogens is 666 g/mol. The van der Waals surface area contributed by atoms with E-state index in [1.165, 1.54) is 19.9 Å². The van der Waals surface area contributed by atoms with Gasteiger partial charge in [0.05, 0.1) is 36.7 Å². The lowest BCUT2D eigenvalue weighted by Crippen LogP contribution is -2.71. The third kappa shape index (κ3) is 7.14. The van der Waals surface area contributed by atoms with Crippen LogP contribution in [-0.2, 0) is 38.3 Å². The van der Waals surface area contributed by atoms with Gasteiger partial charge in [-0.25, -0.2) is 13.6 Å². The molecule has 2 unspecified atom stereocenters. The third-order valence-corrected chi connectivity index (χ3v) is 10.5. The summed E-state index contributed by atoms with van der Waals surface area (Å²) in [5.74, 6) is -5.14. The molecule has 0 aromatic rings. The van der Waals surface area contributed by atoms with E-state index in [0.29, 0.717) is 0 Å². The second kappa shape index (κ2) is 15.1. The van der Waals surface area contributed by atoms with E-state index < -0.39 is 113 Å². The van der Waals surface area contributed by atoms with Crippen LogP contribution in [0.4, 0.5) is 13.6 Å². The number of ether oxygens (including phenoxy) is 3. The number of allylic oxidation sites excluding steroid dienone is 4. The maximum absolute atomic E-state index is 17.6. The number of carbonyl (C=O) groups is 4. The number of alkyl halides is 2. The molecule has 3 saturated carbocycles. The van der Waals surface area contributed by atoms with Gasteiger partial charge in [0, 0.05) is 23.2 Å². The van der Waals surface area contributed by atoms with Crippen LogP contribution in [0.1, 0.15) is 58.8 Å². The van der Waals surface area contributed by atoms with Gasteiger partial charge in [-0.1, -0.05) is 13.0 Å². The summed E-state index contributed by atoms with van der Waals surface area (Å²) in [7, 11) is 0. The van der Waals surface area contributed by atoms with Gasteiger partial charge in [0.1, 0.15) is 12.3 Å². The van der Waals surface area contributed by atoms with Crippen LogP contribution in [-0.4, -0.2) is 122 Å². The number of halogens is 2. The minimum Gasteiger partial charge on any atom is -0.447 e. The maximum Gasteiger partial charge on any atom is 0.508 e. The Hall–Kier alpha value is -2.98. The van der Waals surface area contributed by atoms with E-state index in [1.54, 1.807) is 0 Å². The summed E-state index contributed by atoms with van der Waals surface area (Å²) < 4.78 is 49.0. The van der Waals surface area contributed by atoms with Crippen molar-refractivity contribution in [2.75, 3.05) is 26.4 Å². The van der Waals surface area contributed by atoms with E-state index in [1.807, 2.05) is 0 Å². The van der Waals surface area contributed by atoms with Crippen LogP contribution in [0, 0.1) is 22.7 Å². The Kier molecular flexibility index (Phi) is 12.0. The number of esters is 1. The molecule has 19 heteroatoms. The van der Waals surface area contributed by atoms with Crippen LogP contribution in [0.3, 0.4) is 0 Å². The van der Waals surface area contributed by atoms with Gasteiger partial charge in [0.15, 0.2) is 18.1 Å². The molecule has 4 rings (SSSR count). The Bertz CT molecular complexity index is 1330. The number of ketones is 2. The molecule has 0 aliphatic heterocycles. The molecule has 17 nitrogen and oxygen atoms in total. The lowest BCUT2D eigenvalue weighted by atomic mass is 9.44. The predicted molar refractivity (Wildman–Crippen MR) is 152 cm³/mol. The molecule has 0 aromatic carbocycles. The average molecular weight is 709 g/mol. The largest absolute Gasteiger partial charge is 0.508 e. The van der Waals surface area contributed by atoms with E-state index in [-0.39, 0.29) is 51.1 Å². The summed E-state index contributed by atoms with van der Waals surface area (Å²) in [5, 5.41) is 56.6. The van der Waals surface area contributed by atoms with Crippen molar-refractivity contribution in [3.63, 3.8) is 0 Å². The Balaban J connectivity index is 1.60. The van der Waals surface area contributed by atoms with E-state index in [4.69, 9.17) is 35.0 Å². The summed E-state index contributed by atoms with van der Waals surface area (Å²) in [6.45, 7) is 0.970. The fraction of sp³-hybridized carbons (Fsp3) is 0.733. The zero-order chi connectivity index (χ0) is 36.4. The molecular formula is C30H42F2N2O15. The van der Waals surface area contributed by atoms with Crippen molar-refractivity contribution in [2.45, 2.75) is 88.4 Å². The quantitative estimate of drug-likeness (QED) is 0.0808. The molecule has 0 aromatic heterocycles. The van der Waals surface area contributed by atoms with Crippen LogP contribution >= 0.6 is 0 Å². The van der Waals surface area contributed by atoms with Crippen LogP contribution in [0.2, 0.25) is 0 Å². The third-order valence-electron chi connectivity index (χ3n) is 10.5. The van der Waals surface area contributed by atoms with Gasteiger partial charge in [-0.2, -0.15) is 0 Å². The molecule has 3 fully saturated rings. The van der Waals surface area contributed by atoms with Crippen molar-refractivity contribution in [3.8, 4) is 0 Å². The summed E-state index contributed by atoms with van der Waals surface area (Å²) >= 11 is 0. The van der Waals surface area contributed by atoms with Gasteiger partial charge in [-0.15, -0.1) is 0 Å². The van der Waals surface area contributed by atoms with Gasteiger partial charge >= 0.3 is 12.1 Å². The summed E-state index contributed by atoms with van der Waals surface area (Å²) in [6.07, 6.45) is -5.19. The van der Waals surface area contributed by atoms with Crippen molar-refractivity contribution in [3.05, 3.63) is 23.8 Å². The molecule has 4 aliphatic rings. The van der Waals surface area contributed by atoms with Gasteiger partial charge in [-0.05, 0) is 69.1 Å². The molecule has 0 amide bonds. The number of hydrogen-bond acceptors (Lipinski definition) is 17. The maximum atomic E-state index is 17.6. The van der Waals surface area contributed by atoms with E-state index in [9.17, 15) is 29.4 Å². The smallest absolute Gasteiger partial charge is 0.447 e. The zero-order valence-corrected chi connectivity index (χ0v) is 26.9. The van der Waals surface area contributed by atoms with Crippen molar-refractivity contribution in [1.29, 1.82) is 0 Å². The fourth-order valence-corrected chi connectivity index (χ4v) is 8.32. The molecule has 0 heterocycles. The molecule has 0 radical (unpaired) electrons. The first-order valence-corrected chi connectivity index (χ1v) is 15.7. The van der Waals surface area contributed by atoms with Gasteiger partial charge in [-0.3, -0.25) is 44.9 Å². The molecule has 276 valence electrons. The van der Waals surface area contributed by atoms with Crippen molar-refractivity contribution >= 4 is 23.7 Å². The van der Waals surface area contributed by atoms with E-state index in [0.717, 1.165) is 12.2 Å². The first kappa shape index (κ1) is 38.8. The fourth-order valence-electron chi connectivity index (χ4n) is 8.32. The number of rotatable bonds is 15. The lowest BCUT2D eigenvalue weighted by molar-refractivity contribution is -0.492. The Labute approximate surface area is 278 Å². The number of unbranched alkanes of at least 4 members (excludes halogenated alkanes) is 1. The average Bonchev–Trinajstić information content (AvgIpc) is 3.24. The highest BCUT2D eigenvalue weighted by Gasteiger charge is 2.78. The lowest BCUT2D eigenvalue weighted by Gasteiger charge is -2.63. The summed E-state index contributed by atoms with van der Waals surface area (Å²) in [4.78, 5) is 60.4. The number of Topliss-reactive ketones (excluding diaryl/α,β-unsaturated/α-hetero) is 1. The Morgan fingerprint density at radius 1 is 0.918 bits per heavy atom. The minimum atomic E-state index is -2.57. The molecule has 0 bridgehead atoms. The van der Waals surface area contributed by atoms with Crippen molar-refractivity contribution in [2.24, 2.45) is 22.7 Å². The molecule has 4 aliphatic carbocycles. The highest BCUT2D eigenvalue weighted by molar-refractivity contribution is 6.01. The number of aliphatic hydroxyl groups is 2. The first-order chi connectivity index (χ1) is 22.9. The van der Waals surface area contributed by atoms with E-state index in [2.05, 4.69) is 9.68 Å². The summed E-state index contributed by atoms with van der Waals surface area (Å²) in [5.41, 5.74) is -8.74. The predicted octanol–water partition coefficient (Wildman–Crippen LogP) is 1.86. The van der Waals surface area contributed by atoms with Crippen LogP contribution in [0.15, 0.2) is 23.8 Å². The van der Waals surface area contributed by atoms with Gasteiger partial charge in [0.25, 0.3) is 0 Å². The second-order valence-corrected chi connectivity index (χ2v) is 13.1. The minimum absolute atomic E-state index is 0.124. The van der Waals surface area contributed by atoms with Gasteiger partial charge in [0.2, 0.25) is 11.4 Å². The second-order valence-electron chi connectivity index (χ2n) is 13.1.